The lowest BCUT2D eigenvalue weighted by Crippen LogP contribution is -2.11. The monoisotopic (exact) mass is 432 g/mol. The molecule has 1 aliphatic rings. The van der Waals surface area contributed by atoms with Crippen LogP contribution in [-0.2, 0) is 25.2 Å². The molecule has 0 radical (unpaired) electrons. The van der Waals surface area contributed by atoms with Gasteiger partial charge >= 0.3 is 12.4 Å². The van der Waals surface area contributed by atoms with E-state index in [4.69, 9.17) is 0 Å². The summed E-state index contributed by atoms with van der Waals surface area (Å²) >= 11 is 0. The lowest BCUT2D eigenvalue weighted by molar-refractivity contribution is -0.143. The lowest BCUT2D eigenvalue weighted by Gasteiger charge is -2.18. The third-order valence-corrected chi connectivity index (χ3v) is 5.52. The van der Waals surface area contributed by atoms with Gasteiger partial charge < -0.3 is 0 Å². The second-order valence-corrected chi connectivity index (χ2v) is 7.53. The summed E-state index contributed by atoms with van der Waals surface area (Å²) in [6.07, 6.45) is -6.83. The molecular weight excluding hydrogens is 414 g/mol. The SMILES string of the molecule is CCc1ccc2c(c1-c1cc(C(F)(F)F)cc(C(F)(F)F)c1)C=C(c1ccccc1)C2. The zero-order chi connectivity index (χ0) is 22.4. The van der Waals surface area contributed by atoms with Crippen molar-refractivity contribution in [2.24, 2.45) is 0 Å². The predicted octanol–water partition coefficient (Wildman–Crippen LogP) is 8.05. The van der Waals surface area contributed by atoms with Gasteiger partial charge in [-0.15, -0.1) is 0 Å². The maximum atomic E-state index is 13.4. The lowest BCUT2D eigenvalue weighted by atomic mass is 9.89. The Labute approximate surface area is 175 Å². The molecular formula is C25H18F6. The van der Waals surface area contributed by atoms with Crippen LogP contribution >= 0.6 is 0 Å². The first-order valence-electron chi connectivity index (χ1n) is 9.78. The molecule has 0 N–H and O–H groups in total. The minimum absolute atomic E-state index is 0.0681. The van der Waals surface area contributed by atoms with Gasteiger partial charge in [0.1, 0.15) is 0 Å². The normalized spacial score (nSPS) is 13.8. The van der Waals surface area contributed by atoms with E-state index in [-0.39, 0.29) is 11.6 Å². The first kappa shape index (κ1) is 21.2. The number of aryl methyl sites for hydroxylation is 1. The second-order valence-electron chi connectivity index (χ2n) is 7.53. The molecule has 0 aliphatic heterocycles. The van der Waals surface area contributed by atoms with Gasteiger partial charge in [0, 0.05) is 0 Å². The van der Waals surface area contributed by atoms with E-state index in [0.717, 1.165) is 28.8 Å². The molecule has 31 heavy (non-hydrogen) atoms. The van der Waals surface area contributed by atoms with Gasteiger partial charge in [0.2, 0.25) is 0 Å². The van der Waals surface area contributed by atoms with Crippen molar-refractivity contribution in [3.05, 3.63) is 94.0 Å². The zero-order valence-corrected chi connectivity index (χ0v) is 16.5. The number of rotatable bonds is 3. The number of fused-ring (bicyclic) bond motifs is 1. The van der Waals surface area contributed by atoms with Crippen LogP contribution in [0.25, 0.3) is 22.8 Å². The van der Waals surface area contributed by atoms with Crippen LogP contribution < -0.4 is 0 Å². The Balaban J connectivity index is 1.96. The summed E-state index contributed by atoms with van der Waals surface area (Å²) in [7, 11) is 0. The predicted molar refractivity (Wildman–Crippen MR) is 109 cm³/mol. The first-order valence-corrected chi connectivity index (χ1v) is 9.78. The molecule has 3 aromatic carbocycles. The average molecular weight is 432 g/mol. The van der Waals surface area contributed by atoms with Crippen molar-refractivity contribution in [3.8, 4) is 11.1 Å². The number of halogens is 6. The smallest absolute Gasteiger partial charge is 0.166 e. The van der Waals surface area contributed by atoms with Crippen molar-refractivity contribution >= 4 is 11.6 Å². The van der Waals surface area contributed by atoms with Crippen molar-refractivity contribution in [2.45, 2.75) is 32.1 Å². The highest BCUT2D eigenvalue weighted by Crippen LogP contribution is 2.43. The molecule has 0 nitrogen and oxygen atoms in total. The van der Waals surface area contributed by atoms with E-state index in [1.165, 1.54) is 0 Å². The highest BCUT2D eigenvalue weighted by atomic mass is 19.4. The summed E-state index contributed by atoms with van der Waals surface area (Å²) in [4.78, 5) is 0. The zero-order valence-electron chi connectivity index (χ0n) is 16.5. The van der Waals surface area contributed by atoms with Crippen LogP contribution in [0.2, 0.25) is 0 Å². The summed E-state index contributed by atoms with van der Waals surface area (Å²) < 4.78 is 80.5. The summed E-state index contributed by atoms with van der Waals surface area (Å²) in [5, 5.41) is 0. The molecule has 160 valence electrons. The van der Waals surface area contributed by atoms with E-state index in [1.807, 2.05) is 49.4 Å². The molecule has 0 unspecified atom stereocenters. The van der Waals surface area contributed by atoms with Crippen molar-refractivity contribution in [3.63, 3.8) is 0 Å². The van der Waals surface area contributed by atoms with Crippen molar-refractivity contribution in [2.75, 3.05) is 0 Å². The number of benzene rings is 3. The molecule has 0 fully saturated rings. The Morgan fingerprint density at radius 2 is 1.35 bits per heavy atom. The summed E-state index contributed by atoms with van der Waals surface area (Å²) in [5.41, 5.74) is 1.99. The number of alkyl halides is 6. The van der Waals surface area contributed by atoms with Gasteiger partial charge in [-0.05, 0) is 76.1 Å². The average Bonchev–Trinajstić information content (AvgIpc) is 3.16. The number of allylic oxidation sites excluding steroid dienone is 1. The molecule has 1 aliphatic carbocycles. The molecule has 3 aromatic rings. The van der Waals surface area contributed by atoms with Crippen molar-refractivity contribution < 1.29 is 26.3 Å². The Kier molecular flexibility index (Phi) is 5.20. The third kappa shape index (κ3) is 4.11. The van der Waals surface area contributed by atoms with Crippen LogP contribution in [0, 0.1) is 0 Å². The van der Waals surface area contributed by atoms with Gasteiger partial charge in [0.25, 0.3) is 0 Å². The van der Waals surface area contributed by atoms with Crippen LogP contribution in [-0.4, -0.2) is 0 Å². The molecule has 0 bridgehead atoms. The van der Waals surface area contributed by atoms with Crippen LogP contribution in [0.1, 0.15) is 40.3 Å². The molecule has 4 rings (SSSR count). The summed E-state index contributed by atoms with van der Waals surface area (Å²) in [5.74, 6) is 0. The van der Waals surface area contributed by atoms with E-state index in [2.05, 4.69) is 0 Å². The number of hydrogen-bond acceptors (Lipinski definition) is 0. The van der Waals surface area contributed by atoms with Gasteiger partial charge in [-0.2, -0.15) is 26.3 Å². The highest BCUT2D eigenvalue weighted by Gasteiger charge is 2.37. The van der Waals surface area contributed by atoms with E-state index in [1.54, 1.807) is 6.07 Å². The maximum Gasteiger partial charge on any atom is 0.416 e. The summed E-state index contributed by atoms with van der Waals surface area (Å²) in [6, 6.07) is 15.0. The van der Waals surface area contributed by atoms with E-state index >= 15 is 0 Å². The molecule has 0 amide bonds. The van der Waals surface area contributed by atoms with Crippen LogP contribution in [0.15, 0.2) is 60.7 Å². The Hall–Kier alpha value is -3.02. The molecule has 0 spiro atoms. The minimum atomic E-state index is -4.88. The van der Waals surface area contributed by atoms with E-state index in [9.17, 15) is 26.3 Å². The van der Waals surface area contributed by atoms with Crippen molar-refractivity contribution in [1.29, 1.82) is 0 Å². The largest absolute Gasteiger partial charge is 0.416 e. The topological polar surface area (TPSA) is 0 Å². The quantitative estimate of drug-likeness (QED) is 0.367. The molecule has 0 aromatic heterocycles. The van der Waals surface area contributed by atoms with E-state index in [0.29, 0.717) is 29.5 Å². The molecule has 0 heterocycles. The number of hydrogen-bond donors (Lipinski definition) is 0. The van der Waals surface area contributed by atoms with Crippen LogP contribution in [0.5, 0.6) is 0 Å². The maximum absolute atomic E-state index is 13.4. The Bertz CT molecular complexity index is 1120. The standard InChI is InChI=1S/C25H18F6/c1-2-15-8-9-17-10-18(16-6-4-3-5-7-16)13-22(17)23(15)19-11-20(24(26,27)28)14-21(12-19)25(29,30)31/h3-9,11-14H,2,10H2,1H3. The highest BCUT2D eigenvalue weighted by molar-refractivity contribution is 5.95. The Morgan fingerprint density at radius 1 is 0.742 bits per heavy atom. The van der Waals surface area contributed by atoms with Crippen LogP contribution in [0.3, 0.4) is 0 Å². The molecule has 6 heteroatoms. The Morgan fingerprint density at radius 3 is 1.90 bits per heavy atom. The van der Waals surface area contributed by atoms with E-state index < -0.39 is 23.5 Å². The van der Waals surface area contributed by atoms with Crippen molar-refractivity contribution in [1.82, 2.24) is 0 Å². The molecule has 0 saturated carbocycles. The molecule has 0 saturated heterocycles. The molecule has 0 atom stereocenters. The fourth-order valence-electron chi connectivity index (χ4n) is 4.03. The second kappa shape index (κ2) is 7.59. The summed E-state index contributed by atoms with van der Waals surface area (Å²) in [6.45, 7) is 1.83. The fraction of sp³-hybridized carbons (Fsp3) is 0.200. The minimum Gasteiger partial charge on any atom is -0.166 e. The van der Waals surface area contributed by atoms with Gasteiger partial charge in [-0.1, -0.05) is 49.4 Å². The fourth-order valence-corrected chi connectivity index (χ4v) is 4.03. The van der Waals surface area contributed by atoms with Gasteiger partial charge in [-0.3, -0.25) is 0 Å². The van der Waals surface area contributed by atoms with Gasteiger partial charge in [0.15, 0.2) is 0 Å². The van der Waals surface area contributed by atoms with Crippen LogP contribution in [0.4, 0.5) is 26.3 Å². The van der Waals surface area contributed by atoms with Gasteiger partial charge in [0.05, 0.1) is 11.1 Å². The first-order chi connectivity index (χ1) is 14.6. The third-order valence-electron chi connectivity index (χ3n) is 5.52. The van der Waals surface area contributed by atoms with Gasteiger partial charge in [-0.25, -0.2) is 0 Å².